The first-order valence-electron chi connectivity index (χ1n) is 9.24. The molecule has 1 aliphatic heterocycles. The number of aliphatic hydroxyl groups excluding tert-OH is 1. The Morgan fingerprint density at radius 1 is 0.893 bits per heavy atom. The standard InChI is InChI=1S/C24H20BrNO2/c25-20-13-7-12-19(16-20)22-21(18-10-5-2-6-11-18)23(27)24(28)26(22)15-14-17-8-3-1-4-9-17/h1-13,16,22,27H,14-15H2/t22-/m1/s1. The Balaban J connectivity index is 1.74. The zero-order chi connectivity index (χ0) is 19.5. The van der Waals surface area contributed by atoms with Crippen LogP contribution in [0, 0.1) is 0 Å². The molecule has 28 heavy (non-hydrogen) atoms. The molecule has 1 heterocycles. The smallest absolute Gasteiger partial charge is 0.289 e. The summed E-state index contributed by atoms with van der Waals surface area (Å²) in [5.74, 6) is -0.482. The monoisotopic (exact) mass is 433 g/mol. The summed E-state index contributed by atoms with van der Waals surface area (Å²) in [5, 5.41) is 10.8. The highest BCUT2D eigenvalue weighted by Gasteiger charge is 2.40. The summed E-state index contributed by atoms with van der Waals surface area (Å²) in [4.78, 5) is 14.8. The Bertz CT molecular complexity index is 1020. The number of nitrogens with zero attached hydrogens (tertiary/aromatic N) is 1. The van der Waals surface area contributed by atoms with Crippen LogP contribution in [0.4, 0.5) is 0 Å². The van der Waals surface area contributed by atoms with Crippen molar-refractivity contribution in [2.45, 2.75) is 12.5 Å². The lowest BCUT2D eigenvalue weighted by Gasteiger charge is -2.27. The number of carbonyl (C=O) groups is 1. The largest absolute Gasteiger partial charge is 0.503 e. The lowest BCUT2D eigenvalue weighted by atomic mass is 9.93. The number of benzene rings is 3. The number of hydrogen-bond donors (Lipinski definition) is 1. The van der Waals surface area contributed by atoms with Gasteiger partial charge in [0.05, 0.1) is 6.04 Å². The molecule has 0 saturated carbocycles. The summed E-state index contributed by atoms with van der Waals surface area (Å²) in [6.07, 6.45) is 0.729. The summed E-state index contributed by atoms with van der Waals surface area (Å²) in [7, 11) is 0. The van der Waals surface area contributed by atoms with Crippen molar-refractivity contribution in [2.24, 2.45) is 0 Å². The van der Waals surface area contributed by atoms with Gasteiger partial charge in [0.25, 0.3) is 5.91 Å². The van der Waals surface area contributed by atoms with Gasteiger partial charge >= 0.3 is 0 Å². The highest BCUT2D eigenvalue weighted by molar-refractivity contribution is 9.10. The van der Waals surface area contributed by atoms with Gasteiger partial charge in [-0.2, -0.15) is 0 Å². The van der Waals surface area contributed by atoms with Gasteiger partial charge in [0.2, 0.25) is 0 Å². The van der Waals surface area contributed by atoms with E-state index in [-0.39, 0.29) is 17.7 Å². The Kier molecular flexibility index (Phi) is 5.31. The fourth-order valence-electron chi connectivity index (χ4n) is 3.71. The third kappa shape index (κ3) is 3.60. The molecule has 1 atom stereocenters. The average Bonchev–Trinajstić information content (AvgIpc) is 2.98. The summed E-state index contributed by atoms with van der Waals surface area (Å²) in [6.45, 7) is 0.528. The molecule has 0 unspecified atom stereocenters. The van der Waals surface area contributed by atoms with Crippen LogP contribution in [0.2, 0.25) is 0 Å². The minimum Gasteiger partial charge on any atom is -0.503 e. The third-order valence-corrected chi connectivity index (χ3v) is 5.53. The highest BCUT2D eigenvalue weighted by atomic mass is 79.9. The second-order valence-electron chi connectivity index (χ2n) is 6.82. The van der Waals surface area contributed by atoms with Crippen LogP contribution in [0.25, 0.3) is 5.57 Å². The van der Waals surface area contributed by atoms with Gasteiger partial charge in [0.15, 0.2) is 5.76 Å². The fourth-order valence-corrected chi connectivity index (χ4v) is 4.13. The summed E-state index contributed by atoms with van der Waals surface area (Å²) < 4.78 is 0.944. The maximum absolute atomic E-state index is 13.0. The van der Waals surface area contributed by atoms with E-state index in [1.54, 1.807) is 4.90 Å². The van der Waals surface area contributed by atoms with Crippen molar-refractivity contribution in [2.75, 3.05) is 6.54 Å². The van der Waals surface area contributed by atoms with Crippen molar-refractivity contribution in [3.05, 3.63) is 112 Å². The lowest BCUT2D eigenvalue weighted by Crippen LogP contribution is -2.32. The van der Waals surface area contributed by atoms with Crippen molar-refractivity contribution in [3.8, 4) is 0 Å². The van der Waals surface area contributed by atoms with Gasteiger partial charge in [-0.15, -0.1) is 0 Å². The average molecular weight is 434 g/mol. The second-order valence-corrected chi connectivity index (χ2v) is 7.74. The van der Waals surface area contributed by atoms with E-state index in [4.69, 9.17) is 0 Å². The molecular formula is C24H20BrNO2. The first kappa shape index (κ1) is 18.5. The van der Waals surface area contributed by atoms with Crippen molar-refractivity contribution in [3.63, 3.8) is 0 Å². The molecule has 4 rings (SSSR count). The van der Waals surface area contributed by atoms with Gasteiger partial charge in [0, 0.05) is 16.6 Å². The van der Waals surface area contributed by atoms with E-state index in [0.717, 1.165) is 27.6 Å². The molecule has 0 saturated heterocycles. The fraction of sp³-hybridized carbons (Fsp3) is 0.125. The summed E-state index contributed by atoms with van der Waals surface area (Å²) in [5.41, 5.74) is 3.66. The molecule has 0 fully saturated rings. The Morgan fingerprint density at radius 2 is 1.57 bits per heavy atom. The topological polar surface area (TPSA) is 40.5 Å². The van der Waals surface area contributed by atoms with Gasteiger partial charge in [-0.25, -0.2) is 0 Å². The minimum atomic E-state index is -0.323. The van der Waals surface area contributed by atoms with E-state index in [9.17, 15) is 9.90 Å². The van der Waals surface area contributed by atoms with Gasteiger partial charge in [-0.05, 0) is 35.2 Å². The second kappa shape index (κ2) is 8.03. The van der Waals surface area contributed by atoms with Gasteiger partial charge in [-0.3, -0.25) is 4.79 Å². The van der Waals surface area contributed by atoms with Gasteiger partial charge in [-0.1, -0.05) is 88.7 Å². The lowest BCUT2D eigenvalue weighted by molar-refractivity contribution is -0.129. The molecule has 0 aromatic heterocycles. The molecule has 0 aliphatic carbocycles. The quantitative estimate of drug-likeness (QED) is 0.573. The van der Waals surface area contributed by atoms with Crippen molar-refractivity contribution in [1.29, 1.82) is 0 Å². The van der Waals surface area contributed by atoms with Crippen LogP contribution >= 0.6 is 15.9 Å². The minimum absolute atomic E-state index is 0.163. The summed E-state index contributed by atoms with van der Waals surface area (Å²) in [6, 6.07) is 27.3. The number of amides is 1. The maximum atomic E-state index is 13.0. The Morgan fingerprint density at radius 3 is 2.25 bits per heavy atom. The molecule has 1 amide bonds. The molecule has 3 nitrogen and oxygen atoms in total. The van der Waals surface area contributed by atoms with Crippen LogP contribution in [0.3, 0.4) is 0 Å². The molecule has 140 valence electrons. The zero-order valence-corrected chi connectivity index (χ0v) is 16.8. The number of aliphatic hydroxyl groups is 1. The van der Waals surface area contributed by atoms with Crippen LogP contribution in [-0.2, 0) is 11.2 Å². The number of carbonyl (C=O) groups excluding carboxylic acids is 1. The van der Waals surface area contributed by atoms with Crippen LogP contribution in [0.1, 0.15) is 22.7 Å². The SMILES string of the molecule is O=C1C(O)=C(c2ccccc2)[C@@H](c2cccc(Br)c2)N1CCc1ccccc1. The third-order valence-electron chi connectivity index (χ3n) is 5.04. The molecular weight excluding hydrogens is 414 g/mol. The predicted molar refractivity (Wildman–Crippen MR) is 115 cm³/mol. The molecule has 3 aromatic rings. The Hall–Kier alpha value is -2.85. The first-order chi connectivity index (χ1) is 13.6. The van der Waals surface area contributed by atoms with Gasteiger partial charge in [0.1, 0.15) is 0 Å². The number of hydrogen-bond acceptors (Lipinski definition) is 2. The zero-order valence-electron chi connectivity index (χ0n) is 15.3. The molecule has 4 heteroatoms. The van der Waals surface area contributed by atoms with Crippen LogP contribution in [0.5, 0.6) is 0 Å². The van der Waals surface area contributed by atoms with Crippen LogP contribution in [-0.4, -0.2) is 22.5 Å². The Labute approximate surface area is 173 Å². The maximum Gasteiger partial charge on any atom is 0.289 e. The molecule has 0 bridgehead atoms. The molecule has 1 aliphatic rings. The normalized spacial score (nSPS) is 16.7. The van der Waals surface area contributed by atoms with E-state index in [1.807, 2.05) is 72.8 Å². The van der Waals surface area contributed by atoms with E-state index < -0.39 is 0 Å². The molecule has 0 spiro atoms. The highest BCUT2D eigenvalue weighted by Crippen LogP contribution is 2.43. The van der Waals surface area contributed by atoms with Crippen LogP contribution < -0.4 is 0 Å². The van der Waals surface area contributed by atoms with Crippen molar-refractivity contribution >= 4 is 27.4 Å². The van der Waals surface area contributed by atoms with E-state index >= 15 is 0 Å². The predicted octanol–water partition coefficient (Wildman–Crippen LogP) is 5.54. The van der Waals surface area contributed by atoms with Crippen LogP contribution in [0.15, 0.2) is 95.2 Å². The molecule has 0 radical (unpaired) electrons. The van der Waals surface area contributed by atoms with E-state index in [2.05, 4.69) is 28.1 Å². The number of halogens is 1. The first-order valence-corrected chi connectivity index (χ1v) is 10.0. The van der Waals surface area contributed by atoms with Crippen molar-refractivity contribution in [1.82, 2.24) is 4.90 Å². The van der Waals surface area contributed by atoms with Crippen molar-refractivity contribution < 1.29 is 9.90 Å². The van der Waals surface area contributed by atoms with E-state index in [0.29, 0.717) is 12.1 Å². The van der Waals surface area contributed by atoms with E-state index in [1.165, 1.54) is 0 Å². The molecule has 3 aromatic carbocycles. The number of rotatable bonds is 5. The van der Waals surface area contributed by atoms with Gasteiger partial charge < -0.3 is 10.0 Å². The molecule has 1 N–H and O–H groups in total. The summed E-state index contributed by atoms with van der Waals surface area (Å²) >= 11 is 3.53.